The lowest BCUT2D eigenvalue weighted by atomic mass is 9.99. The summed E-state index contributed by atoms with van der Waals surface area (Å²) in [4.78, 5) is 46.9. The number of carbonyl (C=O) groups is 1. The van der Waals surface area contributed by atoms with E-state index in [2.05, 4.69) is 51.8 Å². The van der Waals surface area contributed by atoms with E-state index in [0.29, 0.717) is 35.6 Å². The minimum absolute atomic E-state index is 0.0261. The Labute approximate surface area is 472 Å². The first kappa shape index (κ1) is 90.7. The highest BCUT2D eigenvalue weighted by Crippen LogP contribution is 2.28. The third kappa shape index (κ3) is 31.6. The van der Waals surface area contributed by atoms with Crippen LogP contribution in [0.25, 0.3) is 44.1 Å². The molecule has 2 amide bonds. The second kappa shape index (κ2) is 57.8. The fourth-order valence-electron chi connectivity index (χ4n) is 7.02. The average Bonchev–Trinajstić information content (AvgIpc) is 1.33. The molecule has 4 heterocycles. The molecule has 8 rings (SSSR count). The molecule has 8 aromatic rings. The predicted octanol–water partition coefficient (Wildman–Crippen LogP) is 19.2. The van der Waals surface area contributed by atoms with Gasteiger partial charge in [0.15, 0.2) is 0 Å². The minimum Gasteiger partial charge on any atom is -0.399 e. The van der Waals surface area contributed by atoms with Crippen molar-refractivity contribution < 1.29 is 115 Å². The highest BCUT2D eigenvalue weighted by Gasteiger charge is 2.14. The molecule has 86 heavy (non-hydrogen) atoms. The van der Waals surface area contributed by atoms with Crippen LogP contribution in [0.3, 0.4) is 0 Å². The Bertz CT molecular complexity index is 3100. The van der Waals surface area contributed by atoms with Gasteiger partial charge in [0.05, 0.1) is 11.0 Å². The summed E-state index contributed by atoms with van der Waals surface area (Å²) in [6.45, 7) is 12.9. The monoisotopic (exact) mass is 1280 g/mol. The number of nitrogens with two attached hydrogens (primary N) is 2. The van der Waals surface area contributed by atoms with Crippen LogP contribution < -0.4 is 33.2 Å². The van der Waals surface area contributed by atoms with Crippen molar-refractivity contribution in [1.82, 2.24) is 24.4 Å². The third-order valence-corrected chi connectivity index (χ3v) is 10.8. The first-order chi connectivity index (χ1) is 41.6. The maximum Gasteiger partial charge on any atom is 0.319 e. The second-order valence-electron chi connectivity index (χ2n) is 15.7. The van der Waals surface area contributed by atoms with E-state index >= 15 is 0 Å². The number of aryl methyl sites for hydroxylation is 8. The molecular formula is C51H54F24N8O3. The molecule has 11 nitrogen and oxygen atoms in total. The molecule has 0 saturated carbocycles. The number of hydrogen-bond acceptors (Lipinski definition) is 7. The number of anilines is 2. The largest absolute Gasteiger partial charge is 0.399 e. The Balaban J connectivity index is -0.000000199. The van der Waals surface area contributed by atoms with Gasteiger partial charge < -0.3 is 31.2 Å². The summed E-state index contributed by atoms with van der Waals surface area (Å²) < 4.78 is 195. The summed E-state index contributed by atoms with van der Waals surface area (Å²) in [6, 6.07) is 34.8. The van der Waals surface area contributed by atoms with Crippen LogP contribution in [0.4, 0.5) is 126 Å². The van der Waals surface area contributed by atoms with Crippen molar-refractivity contribution in [2.24, 2.45) is 19.8 Å². The Morgan fingerprint density at radius 3 is 1.14 bits per heavy atom. The van der Waals surface area contributed by atoms with Gasteiger partial charge in [0.1, 0.15) is 0 Å². The molecule has 0 atom stereocenters. The number of benzene rings is 4. The van der Waals surface area contributed by atoms with Gasteiger partial charge >= 0.3 is 6.03 Å². The number of urea groups is 1. The molecule has 0 radical (unpaired) electrons. The van der Waals surface area contributed by atoms with Gasteiger partial charge in [0, 0.05) is 194 Å². The Morgan fingerprint density at radius 1 is 0.442 bits per heavy atom. The zero-order chi connectivity index (χ0) is 68.7. The number of halogens is 24. The van der Waals surface area contributed by atoms with Crippen molar-refractivity contribution in [2.75, 3.05) is 11.1 Å². The van der Waals surface area contributed by atoms with Gasteiger partial charge in [-0.3, -0.25) is 19.6 Å². The smallest absolute Gasteiger partial charge is 0.319 e. The van der Waals surface area contributed by atoms with Crippen molar-refractivity contribution in [3.8, 4) is 22.3 Å². The molecule has 0 unspecified atom stereocenters. The Kier molecular flexibility index (Phi) is 60.9. The highest BCUT2D eigenvalue weighted by atomic mass is 20.0. The van der Waals surface area contributed by atoms with Gasteiger partial charge in [-0.2, -0.15) is 0 Å². The van der Waals surface area contributed by atoms with E-state index in [1.165, 1.54) is 16.7 Å². The molecule has 0 fully saturated rings. The molecular weight excluding hydrogens is 1230 g/mol. The third-order valence-electron chi connectivity index (χ3n) is 10.8. The zero-order valence-electron chi connectivity index (χ0n) is 45.7. The maximum atomic E-state index is 13.1. The number of pyridine rings is 4. The molecule has 484 valence electrons. The molecule has 35 heteroatoms. The van der Waals surface area contributed by atoms with Crippen molar-refractivity contribution in [1.29, 1.82) is 0 Å². The van der Waals surface area contributed by atoms with E-state index < -0.39 is 0 Å². The van der Waals surface area contributed by atoms with Crippen molar-refractivity contribution in [3.05, 3.63) is 187 Å². The van der Waals surface area contributed by atoms with Crippen LogP contribution in [0.1, 0.15) is 44.8 Å². The van der Waals surface area contributed by atoms with Crippen LogP contribution in [0.2, 0.25) is 0 Å². The molecule has 0 aliphatic rings. The predicted molar refractivity (Wildman–Crippen MR) is 281 cm³/mol. The summed E-state index contributed by atoms with van der Waals surface area (Å²) in [5, 5.41) is 7.57. The van der Waals surface area contributed by atoms with Gasteiger partial charge in [-0.25, -0.2) is 4.79 Å². The number of nitrogen functional groups attached to an aromatic ring is 1. The molecule has 0 spiro atoms. The average molecular weight is 1280 g/mol. The lowest BCUT2D eigenvalue weighted by Gasteiger charge is -2.13. The molecule has 0 bridgehead atoms. The highest BCUT2D eigenvalue weighted by molar-refractivity contribution is 5.91. The van der Waals surface area contributed by atoms with Gasteiger partial charge in [-0.1, -0.05) is 71.8 Å². The number of nitrogens with one attached hydrogen (secondary N) is 2. The van der Waals surface area contributed by atoms with Crippen molar-refractivity contribution >= 4 is 39.2 Å². The second-order valence-corrected chi connectivity index (χ2v) is 15.7. The molecule has 0 aliphatic carbocycles. The summed E-state index contributed by atoms with van der Waals surface area (Å²) in [6.07, 6.45) is 3.58. The number of carbonyl (C=O) groups excluding carboxylic acids is 1. The normalized spacial score (nSPS) is 8.57. The number of fused-ring (bicyclic) bond motifs is 2. The van der Waals surface area contributed by atoms with Crippen LogP contribution in [-0.4, -0.2) is 25.1 Å². The standard InChI is InChI=1S/C26H26N4O2.C17H17N3O.C8H11N.12F2/c1-16-5-8-19(9-6-16)14-28-26(32)29-21-10-7-17(2)22(13-21)23-12-20-15-27-18(3)11-24(20)30(4)25(23)31;1-10-4-5-13(18)8-14(10)15-7-12-9-19-11(2)6-16(12)20(3)17(15)21;1-7-2-4-8(6-9)5-3-7;12*1-2/h5-13,15H,14H2,1-4H3,(H2,28,29,32);4-9H,18H2,1-3H3;2-5H,6,9H2,1H3;;;;;;;;;;;;. The molecule has 4 aromatic heterocycles. The minimum atomic E-state index is -0.300. The molecule has 0 aliphatic heterocycles. The van der Waals surface area contributed by atoms with Gasteiger partial charge in [0.25, 0.3) is 11.1 Å². The fourth-order valence-corrected chi connectivity index (χ4v) is 7.02. The van der Waals surface area contributed by atoms with Crippen molar-refractivity contribution in [2.45, 2.75) is 54.6 Å². The maximum absolute atomic E-state index is 13.1. The summed E-state index contributed by atoms with van der Waals surface area (Å²) in [7, 11) is 3.55. The number of amides is 2. The van der Waals surface area contributed by atoms with Crippen LogP contribution in [0.15, 0.2) is 131 Å². The van der Waals surface area contributed by atoms with E-state index in [4.69, 9.17) is 121 Å². The Morgan fingerprint density at radius 2 is 0.779 bits per heavy atom. The fraction of sp³-hybridized carbons (Fsp3) is 0.196. The van der Waals surface area contributed by atoms with Gasteiger partial charge in [-0.15, -0.1) is 0 Å². The number of rotatable bonds is 6. The number of aromatic nitrogens is 4. The topological polar surface area (TPSA) is 163 Å². The van der Waals surface area contributed by atoms with Crippen LogP contribution in [0, 0.1) is 41.5 Å². The van der Waals surface area contributed by atoms with Crippen LogP contribution >= 0.6 is 0 Å². The first-order valence-corrected chi connectivity index (χ1v) is 22.1. The SMILES string of the molecule is Cc1cc2c(cn1)cc(-c1cc(N)ccc1C)c(=O)n2C.Cc1ccc(CN)cc1.Cc1ccc(CNC(=O)Nc2ccc(C)c(-c3cc4cnc(C)cc4n(C)c3=O)c2)cc1.FF.FF.FF.FF.FF.FF.FF.FF.FF.FF.FF.FF. The molecule has 0 saturated heterocycles. The molecule has 4 aromatic carbocycles. The van der Waals surface area contributed by atoms with Gasteiger partial charge in [-0.05, 0) is 123 Å². The molecule has 6 N–H and O–H groups in total. The van der Waals surface area contributed by atoms with Crippen LogP contribution in [-0.2, 0) is 27.2 Å². The summed E-state index contributed by atoms with van der Waals surface area (Å²) >= 11 is 0. The number of hydrogen-bond donors (Lipinski definition) is 4. The van der Waals surface area contributed by atoms with E-state index in [0.717, 1.165) is 61.0 Å². The van der Waals surface area contributed by atoms with E-state index in [-0.39, 0.29) is 17.1 Å². The quantitative estimate of drug-likeness (QED) is 0.0951. The zero-order valence-corrected chi connectivity index (χ0v) is 45.7. The number of nitrogens with zero attached hydrogens (tertiary/aromatic N) is 4. The first-order valence-electron chi connectivity index (χ1n) is 22.1. The van der Waals surface area contributed by atoms with Crippen molar-refractivity contribution in [3.63, 3.8) is 0 Å². The van der Waals surface area contributed by atoms with E-state index in [1.807, 2.05) is 120 Å². The lowest BCUT2D eigenvalue weighted by Crippen LogP contribution is -2.28. The summed E-state index contributed by atoms with van der Waals surface area (Å²) in [5.41, 5.74) is 25.5. The van der Waals surface area contributed by atoms with E-state index in [1.54, 1.807) is 35.6 Å². The summed E-state index contributed by atoms with van der Waals surface area (Å²) in [5.74, 6) is 0. The Hall–Kier alpha value is -9.05. The van der Waals surface area contributed by atoms with Crippen LogP contribution in [0.5, 0.6) is 0 Å². The van der Waals surface area contributed by atoms with Gasteiger partial charge in [0.2, 0.25) is 0 Å². The van der Waals surface area contributed by atoms with E-state index in [9.17, 15) is 14.4 Å². The lowest BCUT2D eigenvalue weighted by molar-refractivity contribution is 0.108.